The Balaban J connectivity index is 2.44. The first-order valence-electron chi connectivity index (χ1n) is 5.07. The lowest BCUT2D eigenvalue weighted by Crippen LogP contribution is -2.49. The Morgan fingerprint density at radius 2 is 1.36 bits per heavy atom. The van der Waals surface area contributed by atoms with Gasteiger partial charge in [0.05, 0.1) is 0 Å². The average Bonchev–Trinajstić information content (AvgIpc) is 2.30. The van der Waals surface area contributed by atoms with E-state index in [9.17, 15) is 9.59 Å². The number of fused-ring (bicyclic) bond motifs is 2. The molecule has 2 atom stereocenters. The number of carboxylic acids is 2. The summed E-state index contributed by atoms with van der Waals surface area (Å²) in [6.07, 6.45) is 4.04. The fourth-order valence-electron chi connectivity index (χ4n) is 3.34. The van der Waals surface area contributed by atoms with E-state index in [2.05, 4.69) is 0 Å². The Labute approximate surface area is 81.9 Å². The third kappa shape index (κ3) is 0.938. The summed E-state index contributed by atoms with van der Waals surface area (Å²) >= 11 is 0. The molecule has 0 spiro atoms. The summed E-state index contributed by atoms with van der Waals surface area (Å²) in [7, 11) is 0. The lowest BCUT2D eigenvalue weighted by atomic mass is 9.65. The van der Waals surface area contributed by atoms with Crippen molar-refractivity contribution in [3.8, 4) is 0 Å². The van der Waals surface area contributed by atoms with Crippen LogP contribution in [0.15, 0.2) is 0 Å². The Hall–Kier alpha value is -1.06. The fraction of sp³-hybridized carbons (Fsp3) is 0.800. The highest BCUT2D eigenvalue weighted by Gasteiger charge is 2.62. The molecule has 0 radical (unpaired) electrons. The van der Waals surface area contributed by atoms with Crippen molar-refractivity contribution in [3.05, 3.63) is 0 Å². The number of hydrogen-bond acceptors (Lipinski definition) is 2. The van der Waals surface area contributed by atoms with Gasteiger partial charge in [0.2, 0.25) is 0 Å². The van der Waals surface area contributed by atoms with Gasteiger partial charge in [-0.2, -0.15) is 0 Å². The predicted molar refractivity (Wildman–Crippen MR) is 47.8 cm³/mol. The van der Waals surface area contributed by atoms with Crippen LogP contribution in [0.1, 0.15) is 32.1 Å². The van der Waals surface area contributed by atoms with E-state index in [1.807, 2.05) is 0 Å². The van der Waals surface area contributed by atoms with Crippen molar-refractivity contribution in [2.45, 2.75) is 32.1 Å². The van der Waals surface area contributed by atoms with Crippen LogP contribution in [0.25, 0.3) is 0 Å². The molecule has 2 N–H and O–H groups in total. The first-order valence-corrected chi connectivity index (χ1v) is 5.07. The number of carbonyl (C=O) groups is 2. The minimum Gasteiger partial charge on any atom is -0.480 e. The van der Waals surface area contributed by atoms with Crippen LogP contribution in [0.3, 0.4) is 0 Å². The molecule has 4 heteroatoms. The summed E-state index contributed by atoms with van der Waals surface area (Å²) in [5, 5.41) is 18.3. The summed E-state index contributed by atoms with van der Waals surface area (Å²) < 4.78 is 0. The van der Waals surface area contributed by atoms with Crippen LogP contribution >= 0.6 is 0 Å². The molecular weight excluding hydrogens is 184 g/mol. The van der Waals surface area contributed by atoms with Crippen LogP contribution in [-0.2, 0) is 9.59 Å². The van der Waals surface area contributed by atoms with E-state index >= 15 is 0 Å². The van der Waals surface area contributed by atoms with Gasteiger partial charge in [0.1, 0.15) is 0 Å². The second-order valence-corrected chi connectivity index (χ2v) is 4.38. The minimum absolute atomic E-state index is 0.142. The summed E-state index contributed by atoms with van der Waals surface area (Å²) in [6, 6.07) is 0. The molecule has 14 heavy (non-hydrogen) atoms. The molecule has 0 aromatic rings. The summed E-state index contributed by atoms with van der Waals surface area (Å²) in [6.45, 7) is 0. The molecule has 4 nitrogen and oxygen atoms in total. The number of carboxylic acid groups (broad SMARTS) is 2. The zero-order chi connectivity index (χ0) is 10.3. The SMILES string of the molecule is O=C(O)C1(C(=O)O)C2CCCC1CC2. The second-order valence-electron chi connectivity index (χ2n) is 4.38. The maximum atomic E-state index is 11.2. The topological polar surface area (TPSA) is 74.6 Å². The van der Waals surface area contributed by atoms with E-state index in [1.54, 1.807) is 0 Å². The lowest BCUT2D eigenvalue weighted by molar-refractivity contribution is -0.173. The van der Waals surface area contributed by atoms with Crippen molar-refractivity contribution in [3.63, 3.8) is 0 Å². The monoisotopic (exact) mass is 198 g/mol. The quantitative estimate of drug-likeness (QED) is 0.657. The van der Waals surface area contributed by atoms with Gasteiger partial charge in [-0.05, 0) is 37.5 Å². The zero-order valence-electron chi connectivity index (χ0n) is 7.90. The van der Waals surface area contributed by atoms with Crippen LogP contribution < -0.4 is 0 Å². The first kappa shape index (κ1) is 9.49. The molecule has 0 aromatic carbocycles. The van der Waals surface area contributed by atoms with Crippen molar-refractivity contribution < 1.29 is 19.8 Å². The van der Waals surface area contributed by atoms with Crippen LogP contribution in [0.2, 0.25) is 0 Å². The highest BCUT2D eigenvalue weighted by molar-refractivity contribution is 5.99. The van der Waals surface area contributed by atoms with Crippen molar-refractivity contribution in [2.24, 2.45) is 17.3 Å². The van der Waals surface area contributed by atoms with Crippen molar-refractivity contribution >= 4 is 11.9 Å². The Bertz CT molecular complexity index is 252. The molecule has 2 aliphatic rings. The van der Waals surface area contributed by atoms with Gasteiger partial charge >= 0.3 is 11.9 Å². The zero-order valence-corrected chi connectivity index (χ0v) is 7.90. The minimum atomic E-state index is -1.46. The van der Waals surface area contributed by atoms with Gasteiger partial charge in [-0.15, -0.1) is 0 Å². The molecule has 2 aliphatic carbocycles. The second kappa shape index (κ2) is 2.97. The fourth-order valence-corrected chi connectivity index (χ4v) is 3.34. The molecule has 2 unspecified atom stereocenters. The van der Waals surface area contributed by atoms with Gasteiger partial charge in [0.15, 0.2) is 5.41 Å². The van der Waals surface area contributed by atoms with Crippen molar-refractivity contribution in [2.75, 3.05) is 0 Å². The molecule has 0 saturated heterocycles. The third-order valence-electron chi connectivity index (χ3n) is 3.96. The predicted octanol–water partition coefficient (Wildman–Crippen LogP) is 1.35. The van der Waals surface area contributed by atoms with E-state index in [1.165, 1.54) is 0 Å². The molecule has 0 aliphatic heterocycles. The van der Waals surface area contributed by atoms with Gasteiger partial charge in [0.25, 0.3) is 0 Å². The van der Waals surface area contributed by atoms with E-state index in [-0.39, 0.29) is 11.8 Å². The van der Waals surface area contributed by atoms with Crippen LogP contribution in [0.4, 0.5) is 0 Å². The van der Waals surface area contributed by atoms with E-state index in [0.29, 0.717) is 0 Å². The summed E-state index contributed by atoms with van der Waals surface area (Å²) in [4.78, 5) is 22.4. The average molecular weight is 198 g/mol. The van der Waals surface area contributed by atoms with Gasteiger partial charge in [-0.3, -0.25) is 9.59 Å². The van der Waals surface area contributed by atoms with E-state index in [0.717, 1.165) is 32.1 Å². The molecule has 2 fully saturated rings. The highest BCUT2D eigenvalue weighted by Crippen LogP contribution is 2.55. The first-order chi connectivity index (χ1) is 6.60. The van der Waals surface area contributed by atoms with Crippen LogP contribution in [0, 0.1) is 17.3 Å². The normalized spacial score (nSPS) is 34.0. The van der Waals surface area contributed by atoms with Crippen molar-refractivity contribution in [1.82, 2.24) is 0 Å². The highest BCUT2D eigenvalue weighted by atomic mass is 16.4. The smallest absolute Gasteiger partial charge is 0.321 e. The van der Waals surface area contributed by atoms with E-state index in [4.69, 9.17) is 10.2 Å². The molecular formula is C10H14O4. The van der Waals surface area contributed by atoms with Gasteiger partial charge in [0, 0.05) is 0 Å². The largest absolute Gasteiger partial charge is 0.480 e. The van der Waals surface area contributed by atoms with Crippen molar-refractivity contribution in [1.29, 1.82) is 0 Å². The number of aliphatic carboxylic acids is 2. The molecule has 78 valence electrons. The van der Waals surface area contributed by atoms with Gasteiger partial charge in [-0.1, -0.05) is 6.42 Å². The van der Waals surface area contributed by atoms with Crippen LogP contribution in [-0.4, -0.2) is 22.2 Å². The maximum Gasteiger partial charge on any atom is 0.321 e. The molecule has 0 amide bonds. The molecule has 2 rings (SSSR count). The summed E-state index contributed by atoms with van der Waals surface area (Å²) in [5.74, 6) is -2.54. The number of rotatable bonds is 2. The molecule has 0 heterocycles. The molecule has 0 aromatic heterocycles. The van der Waals surface area contributed by atoms with Gasteiger partial charge < -0.3 is 10.2 Å². The Kier molecular flexibility index (Phi) is 2.01. The molecule has 2 saturated carbocycles. The number of hydrogen-bond donors (Lipinski definition) is 2. The maximum absolute atomic E-state index is 11.2. The lowest BCUT2D eigenvalue weighted by Gasteiger charge is -2.36. The Morgan fingerprint density at radius 1 is 0.929 bits per heavy atom. The summed E-state index contributed by atoms with van der Waals surface area (Å²) in [5.41, 5.74) is -1.46. The molecule has 2 bridgehead atoms. The van der Waals surface area contributed by atoms with Gasteiger partial charge in [-0.25, -0.2) is 0 Å². The van der Waals surface area contributed by atoms with Crippen LogP contribution in [0.5, 0.6) is 0 Å². The Morgan fingerprint density at radius 3 is 1.64 bits per heavy atom. The van der Waals surface area contributed by atoms with E-state index < -0.39 is 17.4 Å². The third-order valence-corrected chi connectivity index (χ3v) is 3.96. The standard InChI is InChI=1S/C10H14O4/c11-8(12)10(9(13)14)6-2-1-3-7(10)5-4-6/h6-7H,1-5H2,(H,11,12)(H,13,14).